The maximum Gasteiger partial charge on any atom is 0.0471 e. The Balaban J connectivity index is 2.82. The van der Waals surface area contributed by atoms with Crippen LogP contribution in [0.2, 0.25) is 0 Å². The Kier molecular flexibility index (Phi) is 2.87. The van der Waals surface area contributed by atoms with Crippen LogP contribution in [0.5, 0.6) is 0 Å². The Morgan fingerprint density at radius 1 is 1.45 bits per heavy atom. The minimum Gasteiger partial charge on any atom is -0.396 e. The third kappa shape index (κ3) is 2.20. The Labute approximate surface area is 67.0 Å². The van der Waals surface area contributed by atoms with Crippen LogP contribution in [-0.4, -0.2) is 11.7 Å². The van der Waals surface area contributed by atoms with Gasteiger partial charge in [-0.3, -0.25) is 0 Å². The SMILES string of the molecule is C=Cc1cccc(CCO)c1. The highest BCUT2D eigenvalue weighted by Gasteiger charge is 1.90. The molecule has 0 aliphatic rings. The molecular formula is C10H12O. The van der Waals surface area contributed by atoms with Crippen LogP contribution in [0.4, 0.5) is 0 Å². The molecule has 0 unspecified atom stereocenters. The van der Waals surface area contributed by atoms with E-state index in [9.17, 15) is 0 Å². The lowest BCUT2D eigenvalue weighted by atomic mass is 10.1. The highest BCUT2D eigenvalue weighted by Crippen LogP contribution is 2.06. The first-order valence-corrected chi connectivity index (χ1v) is 3.69. The smallest absolute Gasteiger partial charge is 0.0471 e. The molecule has 0 spiro atoms. The molecule has 0 aromatic heterocycles. The average molecular weight is 148 g/mol. The van der Waals surface area contributed by atoms with Gasteiger partial charge in [0, 0.05) is 6.61 Å². The van der Waals surface area contributed by atoms with Crippen molar-refractivity contribution in [1.29, 1.82) is 0 Å². The quantitative estimate of drug-likeness (QED) is 0.693. The van der Waals surface area contributed by atoms with E-state index in [4.69, 9.17) is 5.11 Å². The first-order chi connectivity index (χ1) is 5.36. The summed E-state index contributed by atoms with van der Waals surface area (Å²) in [5.74, 6) is 0. The molecule has 0 saturated carbocycles. The molecule has 11 heavy (non-hydrogen) atoms. The second kappa shape index (κ2) is 3.94. The maximum absolute atomic E-state index is 8.66. The predicted molar refractivity (Wildman–Crippen MR) is 47.3 cm³/mol. The van der Waals surface area contributed by atoms with Crippen molar-refractivity contribution < 1.29 is 5.11 Å². The predicted octanol–water partition coefficient (Wildman–Crippen LogP) is 1.86. The molecule has 0 aliphatic carbocycles. The molecule has 1 nitrogen and oxygen atoms in total. The molecule has 58 valence electrons. The normalized spacial score (nSPS) is 9.55. The number of benzene rings is 1. The highest BCUT2D eigenvalue weighted by molar-refractivity contribution is 5.47. The van der Waals surface area contributed by atoms with E-state index in [1.54, 1.807) is 6.08 Å². The van der Waals surface area contributed by atoms with Crippen molar-refractivity contribution >= 4 is 6.08 Å². The third-order valence-electron chi connectivity index (χ3n) is 1.59. The number of hydrogen-bond donors (Lipinski definition) is 1. The van der Waals surface area contributed by atoms with E-state index in [1.165, 1.54) is 0 Å². The Hall–Kier alpha value is -1.08. The molecule has 1 aromatic carbocycles. The van der Waals surface area contributed by atoms with Crippen molar-refractivity contribution in [3.05, 3.63) is 42.0 Å². The summed E-state index contributed by atoms with van der Waals surface area (Å²) in [6, 6.07) is 8.00. The Morgan fingerprint density at radius 3 is 2.91 bits per heavy atom. The van der Waals surface area contributed by atoms with E-state index in [0.717, 1.165) is 17.5 Å². The molecule has 0 radical (unpaired) electrons. The van der Waals surface area contributed by atoms with Crippen molar-refractivity contribution in [3.8, 4) is 0 Å². The zero-order valence-electron chi connectivity index (χ0n) is 6.46. The lowest BCUT2D eigenvalue weighted by molar-refractivity contribution is 0.299. The largest absolute Gasteiger partial charge is 0.396 e. The van der Waals surface area contributed by atoms with Crippen LogP contribution >= 0.6 is 0 Å². The van der Waals surface area contributed by atoms with Crippen LogP contribution in [0.15, 0.2) is 30.8 Å². The van der Waals surface area contributed by atoms with Gasteiger partial charge in [-0.2, -0.15) is 0 Å². The second-order valence-corrected chi connectivity index (χ2v) is 2.42. The summed E-state index contributed by atoms with van der Waals surface area (Å²) in [5, 5.41) is 8.66. The van der Waals surface area contributed by atoms with Crippen LogP contribution < -0.4 is 0 Å². The van der Waals surface area contributed by atoms with Crippen molar-refractivity contribution in [2.24, 2.45) is 0 Å². The van der Waals surface area contributed by atoms with Gasteiger partial charge in [0.15, 0.2) is 0 Å². The monoisotopic (exact) mass is 148 g/mol. The van der Waals surface area contributed by atoms with Gasteiger partial charge >= 0.3 is 0 Å². The lowest BCUT2D eigenvalue weighted by Crippen LogP contribution is -1.89. The van der Waals surface area contributed by atoms with E-state index in [1.807, 2.05) is 24.3 Å². The Bertz CT molecular complexity index is 240. The van der Waals surface area contributed by atoms with Crippen LogP contribution in [0.3, 0.4) is 0 Å². The van der Waals surface area contributed by atoms with Gasteiger partial charge in [-0.25, -0.2) is 0 Å². The van der Waals surface area contributed by atoms with Crippen LogP contribution in [0.1, 0.15) is 11.1 Å². The maximum atomic E-state index is 8.66. The van der Waals surface area contributed by atoms with Crippen molar-refractivity contribution in [3.63, 3.8) is 0 Å². The number of aliphatic hydroxyl groups is 1. The van der Waals surface area contributed by atoms with Crippen LogP contribution in [-0.2, 0) is 6.42 Å². The summed E-state index contributed by atoms with van der Waals surface area (Å²) >= 11 is 0. The minimum absolute atomic E-state index is 0.209. The summed E-state index contributed by atoms with van der Waals surface area (Å²) in [6.07, 6.45) is 2.53. The number of aliphatic hydroxyl groups excluding tert-OH is 1. The van der Waals surface area contributed by atoms with Gasteiger partial charge in [-0.15, -0.1) is 0 Å². The molecule has 1 aromatic rings. The number of hydrogen-bond acceptors (Lipinski definition) is 1. The van der Waals surface area contributed by atoms with Gasteiger partial charge < -0.3 is 5.11 Å². The Morgan fingerprint density at radius 2 is 2.27 bits per heavy atom. The fourth-order valence-electron chi connectivity index (χ4n) is 1.00. The summed E-state index contributed by atoms with van der Waals surface area (Å²) in [7, 11) is 0. The summed E-state index contributed by atoms with van der Waals surface area (Å²) in [6.45, 7) is 3.88. The van der Waals surface area contributed by atoms with Crippen molar-refractivity contribution in [2.45, 2.75) is 6.42 Å². The zero-order valence-corrected chi connectivity index (χ0v) is 6.46. The van der Waals surface area contributed by atoms with Gasteiger partial charge in [-0.05, 0) is 17.5 Å². The van der Waals surface area contributed by atoms with Gasteiger partial charge in [-0.1, -0.05) is 36.9 Å². The molecule has 1 N–H and O–H groups in total. The van der Waals surface area contributed by atoms with E-state index in [-0.39, 0.29) is 6.61 Å². The molecule has 0 fully saturated rings. The third-order valence-corrected chi connectivity index (χ3v) is 1.59. The van der Waals surface area contributed by atoms with E-state index in [0.29, 0.717) is 0 Å². The average Bonchev–Trinajstić information content (AvgIpc) is 2.06. The second-order valence-electron chi connectivity index (χ2n) is 2.42. The van der Waals surface area contributed by atoms with E-state index >= 15 is 0 Å². The zero-order chi connectivity index (χ0) is 8.10. The van der Waals surface area contributed by atoms with Crippen LogP contribution in [0, 0.1) is 0 Å². The van der Waals surface area contributed by atoms with Gasteiger partial charge in [0.1, 0.15) is 0 Å². The molecule has 1 rings (SSSR count). The van der Waals surface area contributed by atoms with E-state index in [2.05, 4.69) is 6.58 Å². The number of rotatable bonds is 3. The van der Waals surface area contributed by atoms with Gasteiger partial charge in [0.2, 0.25) is 0 Å². The molecule has 0 amide bonds. The van der Waals surface area contributed by atoms with Crippen molar-refractivity contribution in [2.75, 3.05) is 6.61 Å². The van der Waals surface area contributed by atoms with E-state index < -0.39 is 0 Å². The van der Waals surface area contributed by atoms with Gasteiger partial charge in [0.05, 0.1) is 0 Å². The fourth-order valence-corrected chi connectivity index (χ4v) is 1.00. The first-order valence-electron chi connectivity index (χ1n) is 3.69. The van der Waals surface area contributed by atoms with Gasteiger partial charge in [0.25, 0.3) is 0 Å². The topological polar surface area (TPSA) is 20.2 Å². The molecule has 0 aliphatic heterocycles. The molecule has 0 heterocycles. The molecule has 1 heteroatoms. The molecule has 0 atom stereocenters. The lowest BCUT2D eigenvalue weighted by Gasteiger charge is -1.98. The standard InChI is InChI=1S/C10H12O/c1-2-9-4-3-5-10(8-9)6-7-11/h2-5,8,11H,1,6-7H2. The fraction of sp³-hybridized carbons (Fsp3) is 0.200. The molecule has 0 saturated heterocycles. The molecular weight excluding hydrogens is 136 g/mol. The first kappa shape index (κ1) is 8.02. The van der Waals surface area contributed by atoms with Crippen LogP contribution in [0.25, 0.3) is 6.08 Å². The molecule has 0 bridgehead atoms. The minimum atomic E-state index is 0.209. The van der Waals surface area contributed by atoms with Crippen molar-refractivity contribution in [1.82, 2.24) is 0 Å². The summed E-state index contributed by atoms with van der Waals surface area (Å²) in [4.78, 5) is 0. The summed E-state index contributed by atoms with van der Waals surface area (Å²) in [5.41, 5.74) is 2.26. The highest BCUT2D eigenvalue weighted by atomic mass is 16.2. The summed E-state index contributed by atoms with van der Waals surface area (Å²) < 4.78 is 0.